The van der Waals surface area contributed by atoms with E-state index >= 15 is 0 Å². The second-order valence-corrected chi connectivity index (χ2v) is 19.8. The van der Waals surface area contributed by atoms with Gasteiger partial charge in [0.2, 0.25) is 5.91 Å². The predicted octanol–water partition coefficient (Wildman–Crippen LogP) is 18.3. The number of nitrogens with one attached hydrogen (secondary N) is 1. The molecule has 0 aromatic carbocycles. The smallest absolute Gasteiger partial charge is 0.328 e. The summed E-state index contributed by atoms with van der Waals surface area (Å²) in [7, 11) is 0. The summed E-state index contributed by atoms with van der Waals surface area (Å²) in [5.41, 5.74) is 0. The average molecular weight is 891 g/mol. The van der Waals surface area contributed by atoms with Crippen LogP contribution in [0.25, 0.3) is 0 Å². The molecule has 0 aliphatic carbocycles. The fourth-order valence-electron chi connectivity index (χ4n) is 9.06. The monoisotopic (exact) mass is 890 g/mol. The highest BCUT2D eigenvalue weighted by atomic mass is 16.5. The van der Waals surface area contributed by atoms with Crippen molar-refractivity contribution in [3.63, 3.8) is 0 Å². The zero-order valence-electron chi connectivity index (χ0n) is 43.3. The van der Waals surface area contributed by atoms with Gasteiger partial charge in [-0.25, -0.2) is 4.79 Å². The van der Waals surface area contributed by atoms with Crippen molar-refractivity contribution < 1.29 is 23.9 Å². The molecule has 0 saturated heterocycles. The maximum Gasteiger partial charge on any atom is 0.328 e. The van der Waals surface area contributed by atoms with Gasteiger partial charge in [0, 0.05) is 12.8 Å². The zero-order chi connectivity index (χ0) is 46.1. The highest BCUT2D eigenvalue weighted by Gasteiger charge is 2.27. The molecule has 0 aromatic rings. The fourth-order valence-corrected chi connectivity index (χ4v) is 9.06. The van der Waals surface area contributed by atoms with Gasteiger partial charge in [-0.15, -0.1) is 0 Å². The van der Waals surface area contributed by atoms with Crippen molar-refractivity contribution in [2.45, 2.75) is 348 Å². The molecule has 0 fully saturated rings. The van der Waals surface area contributed by atoms with E-state index in [0.717, 1.165) is 77.0 Å². The summed E-state index contributed by atoms with van der Waals surface area (Å²) in [6.45, 7) is 11.3. The Morgan fingerprint density at radius 2 is 0.587 bits per heavy atom. The SMILES string of the molecule is CCCCCCCCCCCC(=O)N[C@@H](CCC(=O)OC(CCCCCCCC)CCCCCCCCCCC)C(=O)OC(CCCCCCCC)CCCCCCCCCCC. The van der Waals surface area contributed by atoms with Crippen molar-refractivity contribution in [1.82, 2.24) is 5.32 Å². The number of carbonyl (C=O) groups is 3. The first-order valence-corrected chi connectivity index (χ1v) is 28.6. The molecule has 1 amide bonds. The topological polar surface area (TPSA) is 81.7 Å². The number of hydrogen-bond donors (Lipinski definition) is 1. The van der Waals surface area contributed by atoms with Crippen molar-refractivity contribution in [1.29, 1.82) is 0 Å². The van der Waals surface area contributed by atoms with Gasteiger partial charge in [0.15, 0.2) is 0 Å². The minimum atomic E-state index is -0.826. The molecule has 3 atom stereocenters. The molecular weight excluding hydrogens is 779 g/mol. The van der Waals surface area contributed by atoms with Crippen LogP contribution < -0.4 is 5.32 Å². The van der Waals surface area contributed by atoms with Crippen LogP contribution in [0.3, 0.4) is 0 Å². The molecule has 0 heterocycles. The molecule has 1 N–H and O–H groups in total. The van der Waals surface area contributed by atoms with Gasteiger partial charge in [0.05, 0.1) is 0 Å². The van der Waals surface area contributed by atoms with Crippen LogP contribution in [0, 0.1) is 0 Å². The first kappa shape index (κ1) is 61.4. The molecule has 0 rings (SSSR count). The van der Waals surface area contributed by atoms with Crippen molar-refractivity contribution in [3.05, 3.63) is 0 Å². The molecule has 6 nitrogen and oxygen atoms in total. The van der Waals surface area contributed by atoms with Gasteiger partial charge in [-0.3, -0.25) is 9.59 Å². The Bertz CT molecular complexity index is 970. The van der Waals surface area contributed by atoms with Crippen molar-refractivity contribution in [2.24, 2.45) is 0 Å². The third-order valence-corrected chi connectivity index (χ3v) is 13.4. The lowest BCUT2D eigenvalue weighted by Gasteiger charge is -2.23. The van der Waals surface area contributed by atoms with E-state index in [0.29, 0.717) is 6.42 Å². The molecule has 2 unspecified atom stereocenters. The Kier molecular flexibility index (Phi) is 48.6. The van der Waals surface area contributed by atoms with Crippen LogP contribution in [0.5, 0.6) is 0 Å². The summed E-state index contributed by atoms with van der Waals surface area (Å²) >= 11 is 0. The zero-order valence-corrected chi connectivity index (χ0v) is 43.3. The largest absolute Gasteiger partial charge is 0.462 e. The number of carbonyl (C=O) groups excluding carboxylic acids is 3. The van der Waals surface area contributed by atoms with Gasteiger partial charge in [0.1, 0.15) is 18.2 Å². The minimum Gasteiger partial charge on any atom is -0.462 e. The molecular formula is C57H111NO5. The lowest BCUT2D eigenvalue weighted by molar-refractivity contribution is -0.155. The average Bonchev–Trinajstić information content (AvgIpc) is 3.28. The molecule has 0 saturated carbocycles. The highest BCUT2D eigenvalue weighted by Crippen LogP contribution is 2.21. The van der Waals surface area contributed by atoms with E-state index in [4.69, 9.17) is 9.47 Å². The quantitative estimate of drug-likeness (QED) is 0.0486. The van der Waals surface area contributed by atoms with Crippen LogP contribution >= 0.6 is 0 Å². The predicted molar refractivity (Wildman–Crippen MR) is 272 cm³/mol. The van der Waals surface area contributed by atoms with Gasteiger partial charge in [-0.1, -0.05) is 253 Å². The number of unbranched alkanes of at least 4 members (excludes halogenated alkanes) is 34. The second-order valence-electron chi connectivity index (χ2n) is 19.8. The number of esters is 2. The molecule has 0 spiro atoms. The maximum absolute atomic E-state index is 14.0. The third-order valence-electron chi connectivity index (χ3n) is 13.4. The maximum atomic E-state index is 14.0. The van der Waals surface area contributed by atoms with Crippen LogP contribution in [0.15, 0.2) is 0 Å². The van der Waals surface area contributed by atoms with Crippen LogP contribution in [0.4, 0.5) is 0 Å². The Labute approximate surface area is 393 Å². The first-order chi connectivity index (χ1) is 30.9. The fraction of sp³-hybridized carbons (Fsp3) is 0.947. The molecule has 63 heavy (non-hydrogen) atoms. The molecule has 374 valence electrons. The van der Waals surface area contributed by atoms with Gasteiger partial charge >= 0.3 is 11.9 Å². The van der Waals surface area contributed by atoms with Crippen molar-refractivity contribution >= 4 is 17.8 Å². The lowest BCUT2D eigenvalue weighted by Crippen LogP contribution is -2.43. The summed E-state index contributed by atoms with van der Waals surface area (Å²) in [5, 5.41) is 3.06. The molecule has 0 bridgehead atoms. The van der Waals surface area contributed by atoms with Gasteiger partial charge in [-0.2, -0.15) is 0 Å². The summed E-state index contributed by atoms with van der Waals surface area (Å²) in [5.74, 6) is -0.717. The van der Waals surface area contributed by atoms with Gasteiger partial charge < -0.3 is 14.8 Å². The summed E-state index contributed by atoms with van der Waals surface area (Å²) in [6.07, 6.45) is 52.2. The molecule has 0 radical (unpaired) electrons. The van der Waals surface area contributed by atoms with Gasteiger partial charge in [0.25, 0.3) is 0 Å². The van der Waals surface area contributed by atoms with E-state index in [9.17, 15) is 14.4 Å². The highest BCUT2D eigenvalue weighted by molar-refractivity contribution is 5.85. The normalized spacial score (nSPS) is 12.9. The molecule has 0 aliphatic rings. The Balaban J connectivity index is 5.55. The number of rotatable bonds is 51. The number of hydrogen-bond acceptors (Lipinski definition) is 5. The van der Waals surface area contributed by atoms with E-state index in [2.05, 4.69) is 39.9 Å². The number of amides is 1. The summed E-state index contributed by atoms with van der Waals surface area (Å²) in [6, 6.07) is -0.826. The first-order valence-electron chi connectivity index (χ1n) is 28.6. The van der Waals surface area contributed by atoms with Crippen LogP contribution in [-0.2, 0) is 23.9 Å². The van der Waals surface area contributed by atoms with Crippen molar-refractivity contribution in [3.8, 4) is 0 Å². The van der Waals surface area contributed by atoms with Crippen LogP contribution in [-0.4, -0.2) is 36.1 Å². The molecule has 6 heteroatoms. The molecule has 0 aliphatic heterocycles. The Morgan fingerprint density at radius 1 is 0.317 bits per heavy atom. The van der Waals surface area contributed by atoms with Crippen molar-refractivity contribution in [2.75, 3.05) is 0 Å². The van der Waals surface area contributed by atoms with Gasteiger partial charge in [-0.05, 0) is 64.2 Å². The van der Waals surface area contributed by atoms with Crippen LogP contribution in [0.1, 0.15) is 330 Å². The summed E-state index contributed by atoms with van der Waals surface area (Å²) < 4.78 is 12.5. The standard InChI is InChI=1S/C57H111NO5/c1-6-11-16-21-26-29-32-37-41-46-52(45-40-35-24-19-14-9-4)62-56(60)51-50-54(58-55(59)49-44-39-34-31-28-23-18-13-8-3)57(61)63-53(47-42-36-25-20-15-10-5)48-43-38-33-30-27-22-17-12-7-2/h52-54H,6-51H2,1-5H3,(H,58,59)/t52?,53?,54-/m0/s1. The third kappa shape index (κ3) is 44.0. The Morgan fingerprint density at radius 3 is 0.905 bits per heavy atom. The number of ether oxygens (including phenoxy) is 2. The minimum absolute atomic E-state index is 0.0714. The van der Waals surface area contributed by atoms with E-state index in [1.165, 1.54) is 199 Å². The van der Waals surface area contributed by atoms with E-state index in [1.54, 1.807) is 0 Å². The molecule has 0 aromatic heterocycles. The second kappa shape index (κ2) is 49.8. The van der Waals surface area contributed by atoms with E-state index < -0.39 is 6.04 Å². The van der Waals surface area contributed by atoms with Crippen LogP contribution in [0.2, 0.25) is 0 Å². The Hall–Kier alpha value is -1.59. The lowest BCUT2D eigenvalue weighted by atomic mass is 10.0. The van der Waals surface area contributed by atoms with E-state index in [1.807, 2.05) is 0 Å². The summed E-state index contributed by atoms with van der Waals surface area (Å²) in [4.78, 5) is 40.9. The van der Waals surface area contributed by atoms with E-state index in [-0.39, 0.29) is 42.9 Å².